The number of ketones is 1. The summed E-state index contributed by atoms with van der Waals surface area (Å²) in [4.78, 5) is 11.9. The number of carbonyl (C=O) groups excluding carboxylic acids is 1. The Morgan fingerprint density at radius 3 is 2.44 bits per heavy atom. The first kappa shape index (κ1) is 8.72. The van der Waals surface area contributed by atoms with Crippen molar-refractivity contribution in [3.8, 4) is 0 Å². The van der Waals surface area contributed by atoms with E-state index in [0.717, 1.165) is 47.8 Å². The first-order chi connectivity index (χ1) is 7.84. The minimum atomic E-state index is 0.534. The van der Waals surface area contributed by atoms with Crippen molar-refractivity contribution in [3.05, 3.63) is 0 Å². The van der Waals surface area contributed by atoms with Gasteiger partial charge in [0.2, 0.25) is 0 Å². The molecule has 0 aromatic heterocycles. The second-order valence-electron chi connectivity index (χ2n) is 7.25. The Kier molecular flexibility index (Phi) is 1.40. The van der Waals surface area contributed by atoms with Crippen LogP contribution in [0.2, 0.25) is 0 Å². The van der Waals surface area contributed by atoms with E-state index in [2.05, 4.69) is 0 Å². The molecule has 0 aromatic carbocycles. The molecule has 86 valence electrons. The average molecular weight is 216 g/mol. The van der Waals surface area contributed by atoms with Gasteiger partial charge in [-0.2, -0.15) is 0 Å². The summed E-state index contributed by atoms with van der Waals surface area (Å²) in [5.41, 5.74) is 0. The molecular weight excluding hydrogens is 196 g/mol. The van der Waals surface area contributed by atoms with Crippen LogP contribution in [0.1, 0.15) is 38.5 Å². The number of hydrogen-bond donors (Lipinski definition) is 0. The second kappa shape index (κ2) is 2.57. The molecule has 5 saturated carbocycles. The molecule has 5 rings (SSSR count). The Labute approximate surface area is 97.0 Å². The van der Waals surface area contributed by atoms with E-state index in [1.807, 2.05) is 0 Å². The summed E-state index contributed by atoms with van der Waals surface area (Å²) in [6.07, 6.45) is 8.30. The van der Waals surface area contributed by atoms with E-state index >= 15 is 0 Å². The molecule has 0 saturated heterocycles. The van der Waals surface area contributed by atoms with Crippen LogP contribution in [0.5, 0.6) is 0 Å². The van der Waals surface area contributed by atoms with Crippen LogP contribution in [-0.4, -0.2) is 5.78 Å². The smallest absolute Gasteiger partial charge is 0.136 e. The van der Waals surface area contributed by atoms with Gasteiger partial charge >= 0.3 is 0 Å². The van der Waals surface area contributed by atoms with E-state index in [1.54, 1.807) is 0 Å². The summed E-state index contributed by atoms with van der Waals surface area (Å²) in [5.74, 6) is 8.09. The topological polar surface area (TPSA) is 17.1 Å². The highest BCUT2D eigenvalue weighted by Crippen LogP contribution is 2.72. The lowest BCUT2D eigenvalue weighted by Gasteiger charge is -2.40. The Morgan fingerprint density at radius 1 is 0.875 bits per heavy atom. The van der Waals surface area contributed by atoms with Gasteiger partial charge in [-0.25, -0.2) is 0 Å². The van der Waals surface area contributed by atoms with Gasteiger partial charge < -0.3 is 0 Å². The molecule has 0 heterocycles. The Hall–Kier alpha value is -0.330. The van der Waals surface area contributed by atoms with E-state index in [9.17, 15) is 4.79 Å². The van der Waals surface area contributed by atoms with Crippen molar-refractivity contribution in [2.45, 2.75) is 38.5 Å². The third-order valence-corrected chi connectivity index (χ3v) is 7.14. The molecule has 5 fully saturated rings. The van der Waals surface area contributed by atoms with Crippen LogP contribution < -0.4 is 0 Å². The van der Waals surface area contributed by atoms with E-state index in [1.165, 1.54) is 32.1 Å². The first-order valence-corrected chi connectivity index (χ1v) is 7.37. The lowest BCUT2D eigenvalue weighted by atomic mass is 9.64. The molecule has 0 spiro atoms. The molecule has 1 heteroatoms. The summed E-state index contributed by atoms with van der Waals surface area (Å²) in [6, 6.07) is 0. The fraction of sp³-hybridized carbons (Fsp3) is 0.933. The van der Waals surface area contributed by atoms with Gasteiger partial charge in [0, 0.05) is 12.3 Å². The van der Waals surface area contributed by atoms with E-state index in [4.69, 9.17) is 0 Å². The number of fused-ring (bicyclic) bond motifs is 12. The van der Waals surface area contributed by atoms with Crippen LogP contribution in [-0.2, 0) is 4.79 Å². The second-order valence-corrected chi connectivity index (χ2v) is 7.25. The fourth-order valence-corrected chi connectivity index (χ4v) is 7.05. The minimum absolute atomic E-state index is 0.534. The first-order valence-electron chi connectivity index (χ1n) is 7.37. The van der Waals surface area contributed by atoms with Crippen molar-refractivity contribution in [1.29, 1.82) is 0 Å². The molecule has 1 nitrogen and oxygen atoms in total. The average Bonchev–Trinajstić information content (AvgIpc) is 2.99. The zero-order chi connectivity index (χ0) is 10.4. The SMILES string of the molecule is O=C1C[C@@H]2C[C@H]1C1C2[C@H]2C[C@@H]1[C@H]1CCC[C@H]12. The van der Waals surface area contributed by atoms with Crippen molar-refractivity contribution in [1.82, 2.24) is 0 Å². The Bertz CT molecular complexity index is 374. The molecule has 4 bridgehead atoms. The van der Waals surface area contributed by atoms with Gasteiger partial charge in [0.25, 0.3) is 0 Å². The highest BCUT2D eigenvalue weighted by molar-refractivity contribution is 5.85. The molecule has 0 aromatic rings. The van der Waals surface area contributed by atoms with Crippen molar-refractivity contribution < 1.29 is 4.79 Å². The molecule has 8 atom stereocenters. The predicted molar refractivity (Wildman–Crippen MR) is 60.6 cm³/mol. The number of Topliss-reactive ketones (excluding diaryl/α,β-unsaturated/α-hetero) is 1. The summed E-state index contributed by atoms with van der Waals surface area (Å²) in [7, 11) is 0. The Balaban J connectivity index is 1.59. The van der Waals surface area contributed by atoms with Crippen LogP contribution >= 0.6 is 0 Å². The molecule has 16 heavy (non-hydrogen) atoms. The van der Waals surface area contributed by atoms with Crippen molar-refractivity contribution >= 4 is 5.78 Å². The third kappa shape index (κ3) is 0.762. The zero-order valence-electron chi connectivity index (χ0n) is 9.77. The van der Waals surface area contributed by atoms with Crippen molar-refractivity contribution in [2.75, 3.05) is 0 Å². The maximum atomic E-state index is 11.9. The highest BCUT2D eigenvalue weighted by atomic mass is 16.1. The van der Waals surface area contributed by atoms with Gasteiger partial charge in [-0.1, -0.05) is 6.42 Å². The van der Waals surface area contributed by atoms with Crippen molar-refractivity contribution in [3.63, 3.8) is 0 Å². The lowest BCUT2D eigenvalue weighted by Crippen LogP contribution is -2.38. The Morgan fingerprint density at radius 2 is 1.62 bits per heavy atom. The maximum absolute atomic E-state index is 11.9. The number of carbonyl (C=O) groups is 1. The fourth-order valence-electron chi connectivity index (χ4n) is 7.05. The van der Waals surface area contributed by atoms with Gasteiger partial charge in [0.15, 0.2) is 0 Å². The normalized spacial score (nSPS) is 65.4. The standard InChI is InChI=1S/C15H20O/c16-13-5-7-4-12(13)15-11-6-10(14(7)15)8-2-1-3-9(8)11/h7-12,14-15H,1-6H2/t7-,8+,9-,10-,11+,12+,14?,15?/m0/s1. The zero-order valence-corrected chi connectivity index (χ0v) is 9.77. The third-order valence-electron chi connectivity index (χ3n) is 7.14. The summed E-state index contributed by atoms with van der Waals surface area (Å²) in [6.45, 7) is 0. The van der Waals surface area contributed by atoms with E-state index < -0.39 is 0 Å². The molecule has 2 unspecified atom stereocenters. The summed E-state index contributed by atoms with van der Waals surface area (Å²) >= 11 is 0. The van der Waals surface area contributed by atoms with Crippen LogP contribution in [0.15, 0.2) is 0 Å². The van der Waals surface area contributed by atoms with Gasteiger partial charge in [0.1, 0.15) is 5.78 Å². The summed E-state index contributed by atoms with van der Waals surface area (Å²) in [5, 5.41) is 0. The van der Waals surface area contributed by atoms with E-state index in [0.29, 0.717) is 11.7 Å². The van der Waals surface area contributed by atoms with Crippen LogP contribution in [0.4, 0.5) is 0 Å². The van der Waals surface area contributed by atoms with Crippen LogP contribution in [0.25, 0.3) is 0 Å². The minimum Gasteiger partial charge on any atom is -0.299 e. The van der Waals surface area contributed by atoms with Crippen LogP contribution in [0.3, 0.4) is 0 Å². The highest BCUT2D eigenvalue weighted by Gasteiger charge is 2.67. The largest absolute Gasteiger partial charge is 0.299 e. The summed E-state index contributed by atoms with van der Waals surface area (Å²) < 4.78 is 0. The molecule has 0 N–H and O–H groups in total. The maximum Gasteiger partial charge on any atom is 0.136 e. The van der Waals surface area contributed by atoms with Crippen LogP contribution in [0, 0.1) is 47.3 Å². The lowest BCUT2D eigenvalue weighted by molar-refractivity contribution is -0.126. The van der Waals surface area contributed by atoms with E-state index in [-0.39, 0.29) is 0 Å². The predicted octanol–water partition coefficient (Wildman–Crippen LogP) is 2.89. The monoisotopic (exact) mass is 216 g/mol. The number of hydrogen-bond acceptors (Lipinski definition) is 1. The van der Waals surface area contributed by atoms with Crippen molar-refractivity contribution in [2.24, 2.45) is 47.3 Å². The van der Waals surface area contributed by atoms with Gasteiger partial charge in [-0.05, 0) is 67.1 Å². The van der Waals surface area contributed by atoms with Gasteiger partial charge in [0.05, 0.1) is 0 Å². The number of rotatable bonds is 0. The molecule has 0 amide bonds. The molecule has 5 aliphatic rings. The molecular formula is C15H20O. The molecule has 0 radical (unpaired) electrons. The molecule has 0 aliphatic heterocycles. The van der Waals surface area contributed by atoms with Gasteiger partial charge in [-0.15, -0.1) is 0 Å². The van der Waals surface area contributed by atoms with Gasteiger partial charge in [-0.3, -0.25) is 4.79 Å². The molecule has 5 aliphatic carbocycles. The quantitative estimate of drug-likeness (QED) is 0.569.